The fourth-order valence-corrected chi connectivity index (χ4v) is 1.10. The van der Waals surface area contributed by atoms with Gasteiger partial charge in [0, 0.05) is 5.56 Å². The molecule has 0 saturated heterocycles. The SMILES string of the molecule is CC(C)(C)C(O)C(O)c1ccoc1. The predicted molar refractivity (Wildman–Crippen MR) is 49.1 cm³/mol. The van der Waals surface area contributed by atoms with Gasteiger partial charge in [-0.3, -0.25) is 0 Å². The molecule has 0 aromatic carbocycles. The number of hydrogen-bond donors (Lipinski definition) is 2. The van der Waals surface area contributed by atoms with E-state index in [1.807, 2.05) is 20.8 Å². The van der Waals surface area contributed by atoms with Gasteiger partial charge in [0.05, 0.1) is 18.6 Å². The van der Waals surface area contributed by atoms with Crippen LogP contribution >= 0.6 is 0 Å². The van der Waals surface area contributed by atoms with Crippen LogP contribution in [0.4, 0.5) is 0 Å². The predicted octanol–water partition coefficient (Wildman–Crippen LogP) is 1.72. The van der Waals surface area contributed by atoms with Crippen molar-refractivity contribution in [3.63, 3.8) is 0 Å². The summed E-state index contributed by atoms with van der Waals surface area (Å²) in [6.07, 6.45) is 1.26. The van der Waals surface area contributed by atoms with Crippen molar-refractivity contribution in [2.45, 2.75) is 33.0 Å². The number of rotatable bonds is 2. The molecule has 2 unspecified atom stereocenters. The van der Waals surface area contributed by atoms with Gasteiger partial charge in [-0.15, -0.1) is 0 Å². The number of hydrogen-bond acceptors (Lipinski definition) is 3. The third-order valence-corrected chi connectivity index (χ3v) is 2.07. The first kappa shape index (κ1) is 10.3. The molecule has 0 radical (unpaired) electrons. The Balaban J connectivity index is 2.74. The van der Waals surface area contributed by atoms with Crippen molar-refractivity contribution in [2.24, 2.45) is 5.41 Å². The van der Waals surface area contributed by atoms with Crippen LogP contribution in [0.25, 0.3) is 0 Å². The summed E-state index contributed by atoms with van der Waals surface area (Å²) in [5.41, 5.74) is 0.277. The highest BCUT2D eigenvalue weighted by Gasteiger charge is 2.30. The maximum atomic E-state index is 9.73. The third-order valence-electron chi connectivity index (χ3n) is 2.07. The molecule has 13 heavy (non-hydrogen) atoms. The summed E-state index contributed by atoms with van der Waals surface area (Å²) in [7, 11) is 0. The van der Waals surface area contributed by atoms with Crippen LogP contribution in [0.1, 0.15) is 32.4 Å². The Kier molecular flexibility index (Phi) is 2.78. The van der Waals surface area contributed by atoms with E-state index in [2.05, 4.69) is 0 Å². The zero-order chi connectivity index (χ0) is 10.1. The molecule has 2 N–H and O–H groups in total. The van der Waals surface area contributed by atoms with Crippen molar-refractivity contribution < 1.29 is 14.6 Å². The second kappa shape index (κ2) is 3.52. The molecule has 0 saturated carbocycles. The Morgan fingerprint density at radius 2 is 1.92 bits per heavy atom. The molecule has 3 heteroatoms. The lowest BCUT2D eigenvalue weighted by Gasteiger charge is -2.29. The van der Waals surface area contributed by atoms with Crippen molar-refractivity contribution in [2.75, 3.05) is 0 Å². The van der Waals surface area contributed by atoms with Crippen LogP contribution in [0.15, 0.2) is 23.0 Å². The summed E-state index contributed by atoms with van der Waals surface area (Å²) in [5, 5.41) is 19.4. The van der Waals surface area contributed by atoms with E-state index < -0.39 is 12.2 Å². The minimum Gasteiger partial charge on any atom is -0.472 e. The molecular weight excluding hydrogens is 168 g/mol. The standard InChI is InChI=1S/C10H16O3/c1-10(2,3)9(12)8(11)7-4-5-13-6-7/h4-6,8-9,11-12H,1-3H3. The summed E-state index contributed by atoms with van der Waals surface area (Å²) in [6.45, 7) is 5.63. The Bertz CT molecular complexity index is 246. The van der Waals surface area contributed by atoms with Gasteiger partial charge in [0.2, 0.25) is 0 Å². The zero-order valence-electron chi connectivity index (χ0n) is 8.19. The van der Waals surface area contributed by atoms with Gasteiger partial charge in [0.1, 0.15) is 6.10 Å². The van der Waals surface area contributed by atoms with E-state index in [1.165, 1.54) is 12.5 Å². The molecule has 1 aromatic rings. The van der Waals surface area contributed by atoms with E-state index >= 15 is 0 Å². The normalized spacial score (nSPS) is 17.0. The van der Waals surface area contributed by atoms with Crippen LogP contribution in [0, 0.1) is 5.41 Å². The Labute approximate surface area is 78.0 Å². The van der Waals surface area contributed by atoms with Crippen molar-refractivity contribution >= 4 is 0 Å². The molecule has 3 nitrogen and oxygen atoms in total. The summed E-state index contributed by atoms with van der Waals surface area (Å²) < 4.78 is 4.83. The van der Waals surface area contributed by atoms with Gasteiger partial charge in [-0.1, -0.05) is 20.8 Å². The molecule has 0 amide bonds. The van der Waals surface area contributed by atoms with E-state index in [9.17, 15) is 10.2 Å². The molecule has 0 aliphatic heterocycles. The van der Waals surface area contributed by atoms with Gasteiger partial charge < -0.3 is 14.6 Å². The first-order chi connectivity index (χ1) is 5.93. The van der Waals surface area contributed by atoms with Gasteiger partial charge in [-0.25, -0.2) is 0 Å². The summed E-state index contributed by atoms with van der Waals surface area (Å²) in [6, 6.07) is 1.65. The maximum Gasteiger partial charge on any atom is 0.108 e. The molecule has 2 atom stereocenters. The molecule has 1 heterocycles. The van der Waals surface area contributed by atoms with Crippen LogP contribution in [-0.2, 0) is 0 Å². The number of furan rings is 1. The topological polar surface area (TPSA) is 53.6 Å². The highest BCUT2D eigenvalue weighted by Crippen LogP contribution is 2.29. The van der Waals surface area contributed by atoms with Crippen molar-refractivity contribution in [1.82, 2.24) is 0 Å². The van der Waals surface area contributed by atoms with E-state index in [0.29, 0.717) is 5.56 Å². The average Bonchev–Trinajstić information content (AvgIpc) is 2.51. The van der Waals surface area contributed by atoms with Crippen molar-refractivity contribution in [3.05, 3.63) is 24.2 Å². The first-order valence-corrected chi connectivity index (χ1v) is 4.31. The lowest BCUT2D eigenvalue weighted by atomic mass is 9.84. The lowest BCUT2D eigenvalue weighted by Crippen LogP contribution is -2.32. The van der Waals surface area contributed by atoms with Crippen LogP contribution < -0.4 is 0 Å². The number of aliphatic hydroxyl groups is 2. The summed E-state index contributed by atoms with van der Waals surface area (Å²) in [5.74, 6) is 0. The molecule has 0 fully saturated rings. The third kappa shape index (κ3) is 2.32. The minimum absolute atomic E-state index is 0.337. The first-order valence-electron chi connectivity index (χ1n) is 4.31. The largest absolute Gasteiger partial charge is 0.472 e. The lowest BCUT2D eigenvalue weighted by molar-refractivity contribution is -0.0460. The van der Waals surface area contributed by atoms with Gasteiger partial charge in [-0.2, -0.15) is 0 Å². The number of aliphatic hydroxyl groups excluding tert-OH is 2. The molecule has 0 bridgehead atoms. The molecule has 0 spiro atoms. The summed E-state index contributed by atoms with van der Waals surface area (Å²) >= 11 is 0. The average molecular weight is 184 g/mol. The fraction of sp³-hybridized carbons (Fsp3) is 0.600. The van der Waals surface area contributed by atoms with Gasteiger partial charge in [-0.05, 0) is 11.5 Å². The van der Waals surface area contributed by atoms with Crippen molar-refractivity contribution in [3.8, 4) is 0 Å². The smallest absolute Gasteiger partial charge is 0.108 e. The highest BCUT2D eigenvalue weighted by molar-refractivity contribution is 5.11. The zero-order valence-corrected chi connectivity index (χ0v) is 8.19. The molecule has 0 aliphatic rings. The fourth-order valence-electron chi connectivity index (χ4n) is 1.10. The van der Waals surface area contributed by atoms with Gasteiger partial charge in [0.25, 0.3) is 0 Å². The van der Waals surface area contributed by atoms with E-state index in [-0.39, 0.29) is 5.41 Å². The van der Waals surface area contributed by atoms with E-state index in [1.54, 1.807) is 6.07 Å². The Morgan fingerprint density at radius 3 is 2.31 bits per heavy atom. The monoisotopic (exact) mass is 184 g/mol. The van der Waals surface area contributed by atoms with E-state index in [0.717, 1.165) is 0 Å². The second-order valence-corrected chi connectivity index (χ2v) is 4.31. The molecule has 1 aromatic heterocycles. The van der Waals surface area contributed by atoms with Crippen molar-refractivity contribution in [1.29, 1.82) is 0 Å². The molecule has 74 valence electrons. The highest BCUT2D eigenvalue weighted by atomic mass is 16.3. The van der Waals surface area contributed by atoms with Crippen LogP contribution in [0.2, 0.25) is 0 Å². The molecule has 0 aliphatic carbocycles. The minimum atomic E-state index is -0.876. The van der Waals surface area contributed by atoms with Crippen LogP contribution in [-0.4, -0.2) is 16.3 Å². The summed E-state index contributed by atoms with van der Waals surface area (Å²) in [4.78, 5) is 0. The van der Waals surface area contributed by atoms with Gasteiger partial charge >= 0.3 is 0 Å². The second-order valence-electron chi connectivity index (χ2n) is 4.31. The quantitative estimate of drug-likeness (QED) is 0.735. The van der Waals surface area contributed by atoms with Crippen LogP contribution in [0.5, 0.6) is 0 Å². The Hall–Kier alpha value is -0.800. The van der Waals surface area contributed by atoms with Gasteiger partial charge in [0.15, 0.2) is 0 Å². The van der Waals surface area contributed by atoms with E-state index in [4.69, 9.17) is 4.42 Å². The Morgan fingerprint density at radius 1 is 1.31 bits per heavy atom. The van der Waals surface area contributed by atoms with Crippen LogP contribution in [0.3, 0.4) is 0 Å². The maximum absolute atomic E-state index is 9.73. The molecule has 1 rings (SSSR count). The molecular formula is C10H16O3.